The van der Waals surface area contributed by atoms with Crippen LogP contribution in [0.4, 0.5) is 0 Å². The van der Waals surface area contributed by atoms with Crippen LogP contribution < -0.4 is 16.0 Å². The summed E-state index contributed by atoms with van der Waals surface area (Å²) in [5, 5.41) is 20.1. The van der Waals surface area contributed by atoms with Gasteiger partial charge in [-0.2, -0.15) is 0 Å². The molecule has 0 spiro atoms. The molecule has 0 aliphatic heterocycles. The molecule has 0 aromatic heterocycles. The first-order valence-corrected chi connectivity index (χ1v) is 8.08. The van der Waals surface area contributed by atoms with E-state index < -0.39 is 22.2 Å². The summed E-state index contributed by atoms with van der Waals surface area (Å²) in [5.41, 5.74) is -2.79. The monoisotopic (exact) mass is 323 g/mol. The predicted molar refractivity (Wildman–Crippen MR) is 82.3 cm³/mol. The van der Waals surface area contributed by atoms with Crippen LogP contribution >= 0.6 is 0 Å². The van der Waals surface area contributed by atoms with Crippen molar-refractivity contribution in [2.24, 2.45) is 0 Å². The molecule has 4 N–H and O–H groups in total. The molecule has 4 saturated carbocycles. The Morgan fingerprint density at radius 2 is 0.913 bits per heavy atom. The molecule has 4 bridgehead atoms. The highest BCUT2D eigenvalue weighted by Crippen LogP contribution is 2.60. The average molecular weight is 323 g/mol. The van der Waals surface area contributed by atoms with Crippen molar-refractivity contribution in [1.82, 2.24) is 16.0 Å². The van der Waals surface area contributed by atoms with Crippen molar-refractivity contribution in [3.05, 3.63) is 0 Å². The first-order valence-electron chi connectivity index (χ1n) is 8.08. The number of rotatable bonds is 3. The van der Waals surface area contributed by atoms with E-state index in [0.717, 1.165) is 0 Å². The number of carbonyl (C=O) groups is 3. The molecule has 4 fully saturated rings. The van der Waals surface area contributed by atoms with Gasteiger partial charge in [-0.15, -0.1) is 0 Å². The van der Waals surface area contributed by atoms with Crippen LogP contribution in [0.5, 0.6) is 0 Å². The number of aliphatic hydroxyl groups is 1. The Bertz CT molecular complexity index is 501. The van der Waals surface area contributed by atoms with Crippen molar-refractivity contribution in [2.75, 3.05) is 0 Å². The molecule has 0 atom stereocenters. The summed E-state index contributed by atoms with van der Waals surface area (Å²) in [6, 6.07) is 0. The number of hydrogen-bond donors (Lipinski definition) is 4. The fourth-order valence-electron chi connectivity index (χ4n) is 6.10. The molecular formula is C16H25N3O4. The van der Waals surface area contributed by atoms with Crippen LogP contribution in [0, 0.1) is 0 Å². The van der Waals surface area contributed by atoms with Crippen molar-refractivity contribution in [2.45, 2.75) is 81.5 Å². The van der Waals surface area contributed by atoms with Crippen molar-refractivity contribution in [3.63, 3.8) is 0 Å². The standard InChI is InChI=1S/C16H25N3O4/c1-10(20)17-13-4-14(18-11(2)21)6-15(5-13,19-12(3)22)9-16(23,7-13)8-14/h23H,4-9H2,1-3H3,(H,17,20)(H,18,21)(H,19,22). The summed E-state index contributed by atoms with van der Waals surface area (Å²) >= 11 is 0. The lowest BCUT2D eigenvalue weighted by molar-refractivity contribution is -0.179. The molecule has 23 heavy (non-hydrogen) atoms. The Balaban J connectivity index is 2.04. The molecule has 0 radical (unpaired) electrons. The Kier molecular flexibility index (Phi) is 3.31. The van der Waals surface area contributed by atoms with Gasteiger partial charge in [-0.25, -0.2) is 0 Å². The maximum atomic E-state index is 11.7. The van der Waals surface area contributed by atoms with Gasteiger partial charge >= 0.3 is 0 Å². The van der Waals surface area contributed by atoms with E-state index in [4.69, 9.17) is 0 Å². The molecule has 0 heterocycles. The van der Waals surface area contributed by atoms with E-state index in [9.17, 15) is 19.5 Å². The topological polar surface area (TPSA) is 108 Å². The van der Waals surface area contributed by atoms with E-state index in [2.05, 4.69) is 16.0 Å². The Hall–Kier alpha value is -1.63. The summed E-state index contributed by atoms with van der Waals surface area (Å²) in [6.07, 6.45) is 3.14. The van der Waals surface area contributed by atoms with Crippen LogP contribution in [-0.4, -0.2) is 45.0 Å². The van der Waals surface area contributed by atoms with Crippen LogP contribution in [0.1, 0.15) is 59.3 Å². The quantitative estimate of drug-likeness (QED) is 0.573. The maximum Gasteiger partial charge on any atom is 0.217 e. The van der Waals surface area contributed by atoms with Gasteiger partial charge in [0, 0.05) is 37.4 Å². The van der Waals surface area contributed by atoms with Crippen LogP contribution in [0.3, 0.4) is 0 Å². The third kappa shape index (κ3) is 2.82. The zero-order valence-corrected chi connectivity index (χ0v) is 13.9. The second kappa shape index (κ2) is 4.69. The lowest BCUT2D eigenvalue weighted by Crippen LogP contribution is -2.81. The summed E-state index contributed by atoms with van der Waals surface area (Å²) in [6.45, 7) is 4.37. The van der Waals surface area contributed by atoms with Crippen molar-refractivity contribution < 1.29 is 19.5 Å². The van der Waals surface area contributed by atoms with Gasteiger partial charge < -0.3 is 21.1 Å². The van der Waals surface area contributed by atoms with Gasteiger partial charge in [0.2, 0.25) is 17.7 Å². The molecule has 0 aromatic carbocycles. The van der Waals surface area contributed by atoms with Crippen LogP contribution in [0.2, 0.25) is 0 Å². The van der Waals surface area contributed by atoms with Gasteiger partial charge in [0.25, 0.3) is 0 Å². The fraction of sp³-hybridized carbons (Fsp3) is 0.812. The smallest absolute Gasteiger partial charge is 0.217 e. The molecule has 128 valence electrons. The lowest BCUT2D eigenvalue weighted by Gasteiger charge is -2.68. The molecule has 4 rings (SSSR count). The van der Waals surface area contributed by atoms with Crippen LogP contribution in [0.15, 0.2) is 0 Å². The SMILES string of the molecule is CC(=O)NC12CC3(O)CC(NC(C)=O)(C1)CC(NC(C)=O)(C3)C2. The highest BCUT2D eigenvalue weighted by atomic mass is 16.3. The van der Waals surface area contributed by atoms with Crippen LogP contribution in [-0.2, 0) is 14.4 Å². The maximum absolute atomic E-state index is 11.7. The first kappa shape index (κ1) is 16.2. The van der Waals surface area contributed by atoms with Crippen molar-refractivity contribution in [3.8, 4) is 0 Å². The van der Waals surface area contributed by atoms with Gasteiger partial charge in [0.15, 0.2) is 0 Å². The largest absolute Gasteiger partial charge is 0.390 e. The minimum Gasteiger partial charge on any atom is -0.390 e. The average Bonchev–Trinajstić information content (AvgIpc) is 2.17. The molecule has 0 saturated heterocycles. The molecule has 0 aromatic rings. The second-order valence-corrected chi connectivity index (χ2v) is 8.17. The zero-order chi connectivity index (χ0) is 17.1. The third-order valence-electron chi connectivity index (χ3n) is 5.36. The van der Waals surface area contributed by atoms with Crippen molar-refractivity contribution >= 4 is 17.7 Å². The van der Waals surface area contributed by atoms with Gasteiger partial charge in [-0.1, -0.05) is 0 Å². The molecular weight excluding hydrogens is 298 g/mol. The van der Waals surface area contributed by atoms with E-state index >= 15 is 0 Å². The highest BCUT2D eigenvalue weighted by Gasteiger charge is 2.69. The molecule has 7 nitrogen and oxygen atoms in total. The number of amides is 3. The van der Waals surface area contributed by atoms with Crippen LogP contribution in [0.25, 0.3) is 0 Å². The summed E-state index contributed by atoms with van der Waals surface area (Å²) in [7, 11) is 0. The number of hydrogen-bond acceptors (Lipinski definition) is 4. The van der Waals surface area contributed by atoms with Gasteiger partial charge in [-0.3, -0.25) is 14.4 Å². The summed E-state index contributed by atoms with van der Waals surface area (Å²) in [5.74, 6) is -0.482. The molecule has 4 aliphatic rings. The van der Waals surface area contributed by atoms with Gasteiger partial charge in [0.1, 0.15) is 0 Å². The predicted octanol–water partition coefficient (Wildman–Crippen LogP) is -0.276. The fourth-order valence-corrected chi connectivity index (χ4v) is 6.10. The summed E-state index contributed by atoms with van der Waals surface area (Å²) < 4.78 is 0. The minimum atomic E-state index is -0.998. The molecule has 4 aliphatic carbocycles. The van der Waals surface area contributed by atoms with Gasteiger partial charge in [0.05, 0.1) is 5.60 Å². The third-order valence-corrected chi connectivity index (χ3v) is 5.36. The first-order chi connectivity index (χ1) is 10.5. The zero-order valence-electron chi connectivity index (χ0n) is 13.9. The number of carbonyl (C=O) groups excluding carboxylic acids is 3. The Morgan fingerprint density at radius 3 is 1.13 bits per heavy atom. The molecule has 7 heteroatoms. The summed E-state index contributed by atoms with van der Waals surface area (Å²) in [4.78, 5) is 35.2. The highest BCUT2D eigenvalue weighted by molar-refractivity contribution is 5.76. The lowest BCUT2D eigenvalue weighted by atomic mass is 9.45. The van der Waals surface area contributed by atoms with E-state index in [1.807, 2.05) is 0 Å². The molecule has 3 amide bonds. The second-order valence-electron chi connectivity index (χ2n) is 8.17. The van der Waals surface area contributed by atoms with E-state index in [0.29, 0.717) is 38.5 Å². The van der Waals surface area contributed by atoms with E-state index in [1.54, 1.807) is 0 Å². The minimum absolute atomic E-state index is 0.161. The number of nitrogens with one attached hydrogen (secondary N) is 3. The normalized spacial score (nSPS) is 43.8. The van der Waals surface area contributed by atoms with E-state index in [-0.39, 0.29) is 17.7 Å². The Labute approximate surface area is 135 Å². The molecule has 0 unspecified atom stereocenters. The van der Waals surface area contributed by atoms with E-state index in [1.165, 1.54) is 20.8 Å². The van der Waals surface area contributed by atoms with Crippen molar-refractivity contribution in [1.29, 1.82) is 0 Å². The van der Waals surface area contributed by atoms with Gasteiger partial charge in [-0.05, 0) is 38.5 Å². The Morgan fingerprint density at radius 1 is 0.652 bits per heavy atom.